The molecular formula is C14H19BrN4. The second-order valence-electron chi connectivity index (χ2n) is 4.72. The minimum absolute atomic E-state index is 0.329. The molecule has 1 N–H and O–H groups in total. The van der Waals surface area contributed by atoms with Crippen LogP contribution in [-0.4, -0.2) is 14.8 Å². The third kappa shape index (κ3) is 3.35. The van der Waals surface area contributed by atoms with Gasteiger partial charge in [0.2, 0.25) is 0 Å². The minimum atomic E-state index is 0.329. The summed E-state index contributed by atoms with van der Waals surface area (Å²) in [6.45, 7) is 7.06. The first-order valence-electron chi connectivity index (χ1n) is 6.52. The number of aryl methyl sites for hydroxylation is 1. The van der Waals surface area contributed by atoms with Crippen LogP contribution in [0.25, 0.3) is 0 Å². The first-order valence-corrected chi connectivity index (χ1v) is 7.31. The first kappa shape index (κ1) is 14.1. The summed E-state index contributed by atoms with van der Waals surface area (Å²) in [4.78, 5) is 4.31. The van der Waals surface area contributed by atoms with E-state index in [4.69, 9.17) is 0 Å². The highest BCUT2D eigenvalue weighted by Crippen LogP contribution is 2.22. The van der Waals surface area contributed by atoms with E-state index in [1.165, 1.54) is 5.56 Å². The Morgan fingerprint density at radius 2 is 2.16 bits per heavy atom. The molecule has 19 heavy (non-hydrogen) atoms. The third-order valence-corrected chi connectivity index (χ3v) is 3.51. The van der Waals surface area contributed by atoms with Crippen molar-refractivity contribution in [2.45, 2.75) is 39.8 Å². The molecule has 102 valence electrons. The highest BCUT2D eigenvalue weighted by molar-refractivity contribution is 9.10. The Morgan fingerprint density at radius 1 is 1.37 bits per heavy atom. The molecule has 0 unspecified atom stereocenters. The molecule has 0 aliphatic rings. The van der Waals surface area contributed by atoms with E-state index in [9.17, 15) is 0 Å². The summed E-state index contributed by atoms with van der Waals surface area (Å²) in [6.07, 6.45) is 2.61. The maximum Gasteiger partial charge on any atom is 0.146 e. The predicted octanol–water partition coefficient (Wildman–Crippen LogP) is 3.80. The first-order chi connectivity index (χ1) is 9.11. The maximum atomic E-state index is 4.31. The summed E-state index contributed by atoms with van der Waals surface area (Å²) in [7, 11) is 0. The number of benzene rings is 1. The largest absolute Gasteiger partial charge is 0.378 e. The molecule has 2 aromatic rings. The Labute approximate surface area is 122 Å². The van der Waals surface area contributed by atoms with Crippen molar-refractivity contribution in [3.05, 3.63) is 40.4 Å². The molecule has 1 aromatic heterocycles. The van der Waals surface area contributed by atoms with E-state index in [1.807, 2.05) is 4.68 Å². The fourth-order valence-corrected chi connectivity index (χ4v) is 2.44. The van der Waals surface area contributed by atoms with Gasteiger partial charge in [-0.15, -0.1) is 0 Å². The highest BCUT2D eigenvalue weighted by Gasteiger charge is 2.08. The van der Waals surface area contributed by atoms with Gasteiger partial charge in [-0.2, -0.15) is 5.10 Å². The van der Waals surface area contributed by atoms with Crippen molar-refractivity contribution >= 4 is 21.6 Å². The SMILES string of the molecule is CCc1cc(Br)ccc1NCc1ncnn1C(C)C. The van der Waals surface area contributed by atoms with Crippen LogP contribution in [0.2, 0.25) is 0 Å². The molecule has 1 aromatic carbocycles. The Kier molecular flexibility index (Phi) is 4.58. The molecule has 1 heterocycles. The lowest BCUT2D eigenvalue weighted by atomic mass is 10.1. The van der Waals surface area contributed by atoms with Crippen molar-refractivity contribution in [2.75, 3.05) is 5.32 Å². The number of rotatable bonds is 5. The molecule has 0 radical (unpaired) electrons. The fourth-order valence-electron chi connectivity index (χ4n) is 2.03. The summed E-state index contributed by atoms with van der Waals surface area (Å²) in [5.74, 6) is 0.958. The van der Waals surface area contributed by atoms with Crippen LogP contribution in [0.3, 0.4) is 0 Å². The van der Waals surface area contributed by atoms with Crippen molar-refractivity contribution in [3.8, 4) is 0 Å². The van der Waals surface area contributed by atoms with E-state index in [0.717, 1.165) is 22.4 Å². The molecule has 0 aliphatic heterocycles. The number of nitrogens with zero attached hydrogens (tertiary/aromatic N) is 3. The number of aromatic nitrogens is 3. The molecule has 0 saturated carbocycles. The number of halogens is 1. The Bertz CT molecular complexity index is 548. The normalized spacial score (nSPS) is 11.0. The minimum Gasteiger partial charge on any atom is -0.378 e. The van der Waals surface area contributed by atoms with Crippen molar-refractivity contribution in [1.29, 1.82) is 0 Å². The van der Waals surface area contributed by atoms with Gasteiger partial charge in [0.15, 0.2) is 0 Å². The van der Waals surface area contributed by atoms with Gasteiger partial charge in [0.25, 0.3) is 0 Å². The van der Waals surface area contributed by atoms with Gasteiger partial charge >= 0.3 is 0 Å². The molecule has 5 heteroatoms. The summed E-state index contributed by atoms with van der Waals surface area (Å²) < 4.78 is 3.05. The molecular weight excluding hydrogens is 304 g/mol. The van der Waals surface area contributed by atoms with Gasteiger partial charge in [0.1, 0.15) is 12.2 Å². The predicted molar refractivity (Wildman–Crippen MR) is 81.3 cm³/mol. The number of hydrogen-bond donors (Lipinski definition) is 1. The van der Waals surface area contributed by atoms with E-state index in [0.29, 0.717) is 12.6 Å². The monoisotopic (exact) mass is 322 g/mol. The fraction of sp³-hybridized carbons (Fsp3) is 0.429. The van der Waals surface area contributed by atoms with Crippen molar-refractivity contribution in [3.63, 3.8) is 0 Å². The molecule has 0 amide bonds. The van der Waals surface area contributed by atoms with E-state index < -0.39 is 0 Å². The van der Waals surface area contributed by atoms with E-state index in [1.54, 1.807) is 6.33 Å². The Hall–Kier alpha value is -1.36. The summed E-state index contributed by atoms with van der Waals surface area (Å²) >= 11 is 3.50. The van der Waals surface area contributed by atoms with Gasteiger partial charge in [-0.3, -0.25) is 0 Å². The molecule has 0 bridgehead atoms. The van der Waals surface area contributed by atoms with Crippen molar-refractivity contribution in [1.82, 2.24) is 14.8 Å². The highest BCUT2D eigenvalue weighted by atomic mass is 79.9. The zero-order valence-corrected chi connectivity index (χ0v) is 13.1. The van der Waals surface area contributed by atoms with Crippen LogP contribution in [-0.2, 0) is 13.0 Å². The standard InChI is InChI=1S/C14H19BrN4/c1-4-11-7-12(15)5-6-13(11)16-8-14-17-9-18-19(14)10(2)3/h5-7,9-10,16H,4,8H2,1-3H3. The number of nitrogens with one attached hydrogen (secondary N) is 1. The molecule has 2 rings (SSSR count). The van der Waals surface area contributed by atoms with Gasteiger partial charge in [0.05, 0.1) is 6.54 Å². The Balaban J connectivity index is 2.12. The summed E-state index contributed by atoms with van der Waals surface area (Å²) in [6, 6.07) is 6.62. The molecule has 4 nitrogen and oxygen atoms in total. The van der Waals surface area contributed by atoms with Gasteiger partial charge < -0.3 is 5.32 Å². The van der Waals surface area contributed by atoms with Crippen LogP contribution in [0, 0.1) is 0 Å². The van der Waals surface area contributed by atoms with E-state index in [-0.39, 0.29) is 0 Å². The van der Waals surface area contributed by atoms with Gasteiger partial charge in [-0.05, 0) is 44.0 Å². The molecule has 0 aliphatic carbocycles. The smallest absolute Gasteiger partial charge is 0.146 e. The Morgan fingerprint density at radius 3 is 2.84 bits per heavy atom. The van der Waals surface area contributed by atoms with Gasteiger partial charge in [-0.25, -0.2) is 9.67 Å². The van der Waals surface area contributed by atoms with Crippen LogP contribution in [0.15, 0.2) is 29.0 Å². The van der Waals surface area contributed by atoms with E-state index in [2.05, 4.69) is 70.3 Å². The molecule has 0 fully saturated rings. The van der Waals surface area contributed by atoms with Crippen molar-refractivity contribution < 1.29 is 0 Å². The lowest BCUT2D eigenvalue weighted by molar-refractivity contribution is 0.509. The quantitative estimate of drug-likeness (QED) is 0.910. The van der Waals surface area contributed by atoms with Gasteiger partial charge in [0, 0.05) is 16.2 Å². The lowest BCUT2D eigenvalue weighted by Crippen LogP contribution is -2.12. The summed E-state index contributed by atoms with van der Waals surface area (Å²) in [5.41, 5.74) is 2.45. The third-order valence-electron chi connectivity index (χ3n) is 3.02. The molecule has 0 atom stereocenters. The van der Waals surface area contributed by atoms with E-state index >= 15 is 0 Å². The van der Waals surface area contributed by atoms with Gasteiger partial charge in [-0.1, -0.05) is 22.9 Å². The van der Waals surface area contributed by atoms with Crippen LogP contribution < -0.4 is 5.32 Å². The second-order valence-corrected chi connectivity index (χ2v) is 5.64. The number of hydrogen-bond acceptors (Lipinski definition) is 3. The van der Waals surface area contributed by atoms with Crippen molar-refractivity contribution in [2.24, 2.45) is 0 Å². The zero-order valence-electron chi connectivity index (χ0n) is 11.5. The lowest BCUT2D eigenvalue weighted by Gasteiger charge is -2.13. The average molecular weight is 323 g/mol. The van der Waals surface area contributed by atoms with Crippen LogP contribution >= 0.6 is 15.9 Å². The van der Waals surface area contributed by atoms with Crippen LogP contribution in [0.5, 0.6) is 0 Å². The topological polar surface area (TPSA) is 42.7 Å². The molecule has 0 saturated heterocycles. The maximum absolute atomic E-state index is 4.31. The zero-order chi connectivity index (χ0) is 13.8. The van der Waals surface area contributed by atoms with Crippen LogP contribution in [0.4, 0.5) is 5.69 Å². The number of anilines is 1. The second kappa shape index (κ2) is 6.19. The average Bonchev–Trinajstić information content (AvgIpc) is 2.85. The molecule has 0 spiro atoms. The summed E-state index contributed by atoms with van der Waals surface area (Å²) in [5, 5.41) is 7.69. The van der Waals surface area contributed by atoms with Crippen LogP contribution in [0.1, 0.15) is 38.2 Å².